The van der Waals surface area contributed by atoms with Gasteiger partial charge in [-0.05, 0) is 100 Å². The van der Waals surface area contributed by atoms with Crippen LogP contribution in [0.5, 0.6) is 5.75 Å². The van der Waals surface area contributed by atoms with E-state index in [0.29, 0.717) is 17.5 Å². The predicted molar refractivity (Wildman–Crippen MR) is 163 cm³/mol. The molecule has 4 nitrogen and oxygen atoms in total. The molecule has 0 saturated carbocycles. The number of carbonyl (C=O) groups excluding carboxylic acids is 1. The highest BCUT2D eigenvalue weighted by Gasteiger charge is 2.38. The van der Waals surface area contributed by atoms with E-state index in [4.69, 9.17) is 4.74 Å². The first-order valence-electron chi connectivity index (χ1n) is 14.4. The van der Waals surface area contributed by atoms with Gasteiger partial charge in [-0.1, -0.05) is 88.4 Å². The van der Waals surface area contributed by atoms with E-state index in [1.807, 2.05) is 42.5 Å². The molecule has 0 bridgehead atoms. The van der Waals surface area contributed by atoms with E-state index in [9.17, 15) is 19.1 Å². The molecule has 0 aliphatic heterocycles. The van der Waals surface area contributed by atoms with Gasteiger partial charge in [0.05, 0.1) is 11.5 Å². The van der Waals surface area contributed by atoms with Gasteiger partial charge in [0.25, 0.3) is 0 Å². The van der Waals surface area contributed by atoms with Crippen molar-refractivity contribution in [2.45, 2.75) is 70.1 Å². The van der Waals surface area contributed by atoms with Crippen LogP contribution in [0.25, 0.3) is 0 Å². The average Bonchev–Trinajstić information content (AvgIpc) is 2.95. The van der Waals surface area contributed by atoms with Crippen molar-refractivity contribution >= 4 is 11.9 Å². The van der Waals surface area contributed by atoms with Crippen LogP contribution in [-0.2, 0) is 28.5 Å². The molecule has 0 aromatic heterocycles. The number of ether oxygens (including phenoxy) is 1. The predicted octanol–water partition coefficient (Wildman–Crippen LogP) is 8.40. The van der Waals surface area contributed by atoms with Crippen molar-refractivity contribution in [1.82, 2.24) is 0 Å². The van der Waals surface area contributed by atoms with Crippen LogP contribution in [0.1, 0.15) is 90.2 Å². The van der Waals surface area contributed by atoms with Crippen molar-refractivity contribution < 1.29 is 23.8 Å². The number of hydrogen-bond acceptors (Lipinski definition) is 3. The molecule has 5 heteroatoms. The number of aromatic carboxylic acids is 1. The van der Waals surface area contributed by atoms with Crippen molar-refractivity contribution in [2.24, 2.45) is 0 Å². The van der Waals surface area contributed by atoms with Gasteiger partial charge in [0.1, 0.15) is 11.6 Å². The zero-order valence-corrected chi connectivity index (χ0v) is 24.6. The molecule has 0 heterocycles. The highest BCUT2D eigenvalue weighted by Crippen LogP contribution is 2.46. The molecule has 4 aromatic rings. The van der Waals surface area contributed by atoms with Crippen molar-refractivity contribution in [3.8, 4) is 5.75 Å². The molecule has 0 spiro atoms. The Balaban J connectivity index is 1.51. The van der Waals surface area contributed by atoms with Gasteiger partial charge >= 0.3 is 11.9 Å². The van der Waals surface area contributed by atoms with Crippen molar-refractivity contribution in [3.05, 3.63) is 136 Å². The topological polar surface area (TPSA) is 63.6 Å². The maximum absolute atomic E-state index is 14.1. The third-order valence-electron chi connectivity index (χ3n) is 8.66. The number of carboxylic acid groups (broad SMARTS) is 1. The quantitative estimate of drug-likeness (QED) is 0.172. The van der Waals surface area contributed by atoms with E-state index in [0.717, 1.165) is 24.0 Å². The van der Waals surface area contributed by atoms with Gasteiger partial charge in [0.2, 0.25) is 0 Å². The summed E-state index contributed by atoms with van der Waals surface area (Å²) in [5.41, 5.74) is 5.68. The number of esters is 1. The Bertz CT molecular complexity index is 1620. The highest BCUT2D eigenvalue weighted by atomic mass is 19.1. The van der Waals surface area contributed by atoms with Gasteiger partial charge in [-0.15, -0.1) is 0 Å². The van der Waals surface area contributed by atoms with Gasteiger partial charge in [0.15, 0.2) is 0 Å². The summed E-state index contributed by atoms with van der Waals surface area (Å²) in [7, 11) is 0. The molecule has 5 rings (SSSR count). The average molecular weight is 565 g/mol. The largest absolute Gasteiger partial charge is 0.478 e. The number of carboxylic acids is 1. The second kappa shape index (κ2) is 11.6. The molecule has 0 amide bonds. The van der Waals surface area contributed by atoms with Crippen LogP contribution in [0, 0.1) is 5.82 Å². The molecule has 0 fully saturated rings. The lowest BCUT2D eigenvalue weighted by Gasteiger charge is -2.42. The summed E-state index contributed by atoms with van der Waals surface area (Å²) < 4.78 is 20.1. The first-order valence-corrected chi connectivity index (χ1v) is 14.4. The number of hydrogen-bond donors (Lipinski definition) is 1. The lowest BCUT2D eigenvalue weighted by Crippen LogP contribution is -2.34. The fourth-order valence-corrected chi connectivity index (χ4v) is 6.05. The van der Waals surface area contributed by atoms with Crippen LogP contribution in [0.15, 0.2) is 91.0 Å². The molecule has 1 aliphatic rings. The molecule has 216 valence electrons. The van der Waals surface area contributed by atoms with E-state index >= 15 is 0 Å². The van der Waals surface area contributed by atoms with E-state index in [1.165, 1.54) is 35.4 Å². The summed E-state index contributed by atoms with van der Waals surface area (Å²) in [6.07, 6.45) is 2.77. The first kappa shape index (κ1) is 29.2. The van der Waals surface area contributed by atoms with Gasteiger partial charge in [-0.25, -0.2) is 9.18 Å². The second-order valence-electron chi connectivity index (χ2n) is 12.7. The summed E-state index contributed by atoms with van der Waals surface area (Å²) in [6.45, 7) is 8.99. The lowest BCUT2D eigenvalue weighted by atomic mass is 9.62. The van der Waals surface area contributed by atoms with Crippen molar-refractivity contribution in [3.63, 3.8) is 0 Å². The van der Waals surface area contributed by atoms with Crippen molar-refractivity contribution in [2.75, 3.05) is 0 Å². The SMILES string of the molecule is CC1(C)CCC(C)(C)c2cc(C(Cc3cccc(F)c3)C(=O)Oc3ccc(C(=O)O)c(Cc4ccccc4)c3)ccc21. The van der Waals surface area contributed by atoms with E-state index in [1.54, 1.807) is 12.1 Å². The maximum atomic E-state index is 14.1. The van der Waals surface area contributed by atoms with E-state index < -0.39 is 17.9 Å². The zero-order valence-electron chi connectivity index (χ0n) is 24.6. The second-order valence-corrected chi connectivity index (χ2v) is 12.7. The molecular formula is C37H37FO4. The van der Waals surface area contributed by atoms with Crippen LogP contribution in [0.4, 0.5) is 4.39 Å². The zero-order chi connectivity index (χ0) is 30.1. The summed E-state index contributed by atoms with van der Waals surface area (Å²) in [5, 5.41) is 9.78. The number of fused-ring (bicyclic) bond motifs is 1. The number of halogens is 1. The Kier molecular flexibility index (Phi) is 8.05. The minimum Gasteiger partial charge on any atom is -0.478 e. The molecule has 42 heavy (non-hydrogen) atoms. The van der Waals surface area contributed by atoms with Gasteiger partial charge in [-0.2, -0.15) is 0 Å². The van der Waals surface area contributed by atoms with Gasteiger partial charge in [-0.3, -0.25) is 4.79 Å². The minimum absolute atomic E-state index is 0.0307. The molecule has 1 N–H and O–H groups in total. The number of benzene rings is 4. The summed E-state index contributed by atoms with van der Waals surface area (Å²) in [6, 6.07) is 26.8. The Hall–Kier alpha value is -4.25. The van der Waals surface area contributed by atoms with E-state index in [2.05, 4.69) is 39.8 Å². The molecule has 1 atom stereocenters. The lowest BCUT2D eigenvalue weighted by molar-refractivity contribution is -0.136. The van der Waals surface area contributed by atoms with Crippen LogP contribution < -0.4 is 4.74 Å². The van der Waals surface area contributed by atoms with Crippen LogP contribution >= 0.6 is 0 Å². The van der Waals surface area contributed by atoms with Gasteiger partial charge < -0.3 is 9.84 Å². The highest BCUT2D eigenvalue weighted by molar-refractivity contribution is 5.90. The molecule has 4 aromatic carbocycles. The van der Waals surface area contributed by atoms with Crippen LogP contribution in [-0.4, -0.2) is 17.0 Å². The fraction of sp³-hybridized carbons (Fsp3) is 0.297. The third-order valence-corrected chi connectivity index (χ3v) is 8.66. The van der Waals surface area contributed by atoms with Gasteiger partial charge in [0, 0.05) is 0 Å². The molecule has 0 saturated heterocycles. The summed E-state index contributed by atoms with van der Waals surface area (Å²) in [4.78, 5) is 25.9. The maximum Gasteiger partial charge on any atom is 0.335 e. The standard InChI is InChI=1S/C37H37FO4/c1-36(2)17-18-37(3,4)33-23-26(13-16-32(33)36)31(21-25-11-8-12-28(38)20-25)35(41)42-29-14-15-30(34(39)40)27(22-29)19-24-9-6-5-7-10-24/h5-16,20,22-23,31H,17-19,21H2,1-4H3,(H,39,40). The molecule has 0 radical (unpaired) electrons. The van der Waals surface area contributed by atoms with Crippen LogP contribution in [0.2, 0.25) is 0 Å². The first-order chi connectivity index (χ1) is 19.9. The van der Waals surface area contributed by atoms with Crippen LogP contribution in [0.3, 0.4) is 0 Å². The Morgan fingerprint density at radius 2 is 1.50 bits per heavy atom. The summed E-state index contributed by atoms with van der Waals surface area (Å²) in [5.74, 6) is -2.28. The van der Waals surface area contributed by atoms with Crippen molar-refractivity contribution in [1.29, 1.82) is 0 Å². The minimum atomic E-state index is -1.04. The fourth-order valence-electron chi connectivity index (χ4n) is 6.05. The monoisotopic (exact) mass is 564 g/mol. The Morgan fingerprint density at radius 3 is 2.19 bits per heavy atom. The molecule has 1 aliphatic carbocycles. The number of carbonyl (C=O) groups is 2. The smallest absolute Gasteiger partial charge is 0.335 e. The Labute approximate surface area is 247 Å². The third kappa shape index (κ3) is 6.30. The normalized spacial score (nSPS) is 15.8. The molecule has 1 unspecified atom stereocenters. The Morgan fingerprint density at radius 1 is 0.810 bits per heavy atom. The summed E-state index contributed by atoms with van der Waals surface area (Å²) >= 11 is 0. The molecular weight excluding hydrogens is 527 g/mol. The van der Waals surface area contributed by atoms with E-state index in [-0.39, 0.29) is 34.4 Å². The number of rotatable bonds is 8.